The number of aromatic nitrogens is 4. The highest BCUT2D eigenvalue weighted by Gasteiger charge is 2.18. The molecule has 0 bridgehead atoms. The minimum atomic E-state index is -0.234. The molecule has 3 rings (SSSR count). The maximum Gasteiger partial charge on any atom is 0.249 e. The van der Waals surface area contributed by atoms with Crippen LogP contribution in [0.15, 0.2) is 41.9 Å². The molecule has 0 fully saturated rings. The fourth-order valence-corrected chi connectivity index (χ4v) is 2.60. The molecule has 3 aromatic rings. The number of hydrogen-bond donors (Lipinski definition) is 2. The van der Waals surface area contributed by atoms with Crippen molar-refractivity contribution in [1.82, 2.24) is 20.2 Å². The van der Waals surface area contributed by atoms with Gasteiger partial charge in [0.25, 0.3) is 0 Å². The van der Waals surface area contributed by atoms with E-state index in [9.17, 15) is 4.79 Å². The van der Waals surface area contributed by atoms with Gasteiger partial charge < -0.3 is 0 Å². The van der Waals surface area contributed by atoms with Gasteiger partial charge in [-0.05, 0) is 30.5 Å². The topological polar surface area (TPSA) is 83.6 Å². The van der Waals surface area contributed by atoms with Crippen LogP contribution in [0.1, 0.15) is 17.7 Å². The van der Waals surface area contributed by atoms with E-state index in [0.717, 1.165) is 4.88 Å². The van der Waals surface area contributed by atoms with Crippen LogP contribution in [0.25, 0.3) is 11.5 Å². The van der Waals surface area contributed by atoms with Gasteiger partial charge in [-0.3, -0.25) is 20.2 Å². The number of thiophene rings is 1. The minimum Gasteiger partial charge on any atom is -0.293 e. The molecule has 7 heteroatoms. The Labute approximate surface area is 125 Å². The van der Waals surface area contributed by atoms with E-state index in [0.29, 0.717) is 11.5 Å². The summed E-state index contributed by atoms with van der Waals surface area (Å²) in [6.45, 7) is 1.85. The Morgan fingerprint density at radius 1 is 1.33 bits per heavy atom. The third-order valence-corrected chi connectivity index (χ3v) is 4.05. The van der Waals surface area contributed by atoms with E-state index in [1.807, 2.05) is 42.6 Å². The van der Waals surface area contributed by atoms with E-state index >= 15 is 0 Å². The van der Waals surface area contributed by atoms with E-state index in [1.165, 1.54) is 0 Å². The largest absolute Gasteiger partial charge is 0.293 e. The van der Waals surface area contributed by atoms with Gasteiger partial charge >= 0.3 is 0 Å². The first-order chi connectivity index (χ1) is 10.2. The van der Waals surface area contributed by atoms with Crippen LogP contribution in [-0.4, -0.2) is 26.1 Å². The summed E-state index contributed by atoms with van der Waals surface area (Å²) in [5.41, 5.74) is 0.678. The van der Waals surface area contributed by atoms with Crippen molar-refractivity contribution in [2.24, 2.45) is 0 Å². The maximum absolute atomic E-state index is 12.1. The smallest absolute Gasteiger partial charge is 0.249 e. The van der Waals surface area contributed by atoms with Crippen LogP contribution in [0.4, 0.5) is 5.95 Å². The van der Waals surface area contributed by atoms with Crippen LogP contribution >= 0.6 is 11.3 Å². The zero-order chi connectivity index (χ0) is 14.7. The molecule has 3 aromatic heterocycles. The summed E-state index contributed by atoms with van der Waals surface area (Å²) in [5.74, 6) is 0.407. The van der Waals surface area contributed by atoms with Gasteiger partial charge in [-0.15, -0.1) is 16.4 Å². The van der Waals surface area contributed by atoms with Gasteiger partial charge in [-0.25, -0.2) is 0 Å². The number of rotatable bonds is 4. The number of anilines is 1. The highest BCUT2D eigenvalue weighted by atomic mass is 32.1. The first-order valence-electron chi connectivity index (χ1n) is 6.42. The molecule has 21 heavy (non-hydrogen) atoms. The molecule has 2 N–H and O–H groups in total. The second kappa shape index (κ2) is 5.84. The molecule has 0 unspecified atom stereocenters. The lowest BCUT2D eigenvalue weighted by Gasteiger charge is -2.07. The number of hydrogen-bond acceptors (Lipinski definition) is 5. The van der Waals surface area contributed by atoms with E-state index in [-0.39, 0.29) is 17.8 Å². The minimum absolute atomic E-state index is 0.135. The Hall–Kier alpha value is -2.54. The fraction of sp³-hybridized carbons (Fsp3) is 0.143. The predicted octanol–water partition coefficient (Wildman–Crippen LogP) is 2.67. The van der Waals surface area contributed by atoms with Gasteiger partial charge in [-0.2, -0.15) is 4.98 Å². The van der Waals surface area contributed by atoms with Gasteiger partial charge in [0.2, 0.25) is 11.9 Å². The summed E-state index contributed by atoms with van der Waals surface area (Å²) in [5, 5.41) is 11.4. The average molecular weight is 299 g/mol. The van der Waals surface area contributed by atoms with Crippen molar-refractivity contribution in [3.05, 3.63) is 46.8 Å². The van der Waals surface area contributed by atoms with Crippen LogP contribution in [0.2, 0.25) is 0 Å². The third kappa shape index (κ3) is 2.97. The number of carbonyl (C=O) groups is 1. The molecule has 3 heterocycles. The average Bonchev–Trinajstić information content (AvgIpc) is 3.19. The quantitative estimate of drug-likeness (QED) is 0.775. The van der Waals surface area contributed by atoms with Crippen LogP contribution in [0.3, 0.4) is 0 Å². The second-order valence-electron chi connectivity index (χ2n) is 4.45. The lowest BCUT2D eigenvalue weighted by Crippen LogP contribution is -2.18. The van der Waals surface area contributed by atoms with Gasteiger partial charge in [-0.1, -0.05) is 12.1 Å². The van der Waals surface area contributed by atoms with Crippen molar-refractivity contribution in [3.8, 4) is 11.5 Å². The van der Waals surface area contributed by atoms with Gasteiger partial charge in [0, 0.05) is 11.1 Å². The first kappa shape index (κ1) is 13.4. The summed E-state index contributed by atoms with van der Waals surface area (Å²) in [6.07, 6.45) is 1.68. The monoisotopic (exact) mass is 299 g/mol. The highest BCUT2D eigenvalue weighted by Crippen LogP contribution is 2.22. The molecule has 0 aromatic carbocycles. The van der Waals surface area contributed by atoms with Crippen LogP contribution < -0.4 is 5.32 Å². The van der Waals surface area contributed by atoms with Crippen molar-refractivity contribution in [3.63, 3.8) is 0 Å². The number of pyridine rings is 1. The third-order valence-electron chi connectivity index (χ3n) is 2.99. The number of amides is 1. The molecular weight excluding hydrogens is 286 g/mol. The molecule has 0 aliphatic heterocycles. The molecule has 106 valence electrons. The number of nitrogens with one attached hydrogen (secondary N) is 2. The molecule has 1 amide bonds. The number of nitrogens with zero attached hydrogens (tertiary/aromatic N) is 3. The van der Waals surface area contributed by atoms with Crippen LogP contribution in [0, 0.1) is 0 Å². The molecule has 0 saturated heterocycles. The maximum atomic E-state index is 12.1. The summed E-state index contributed by atoms with van der Waals surface area (Å²) in [6, 6.07) is 9.37. The summed E-state index contributed by atoms with van der Waals surface area (Å²) < 4.78 is 0. The predicted molar refractivity (Wildman–Crippen MR) is 81.0 cm³/mol. The molecule has 1 atom stereocenters. The van der Waals surface area contributed by atoms with Gasteiger partial charge in [0.05, 0.1) is 5.92 Å². The van der Waals surface area contributed by atoms with Crippen molar-refractivity contribution >= 4 is 23.2 Å². The van der Waals surface area contributed by atoms with E-state index in [4.69, 9.17) is 0 Å². The molecule has 0 saturated carbocycles. The zero-order valence-corrected chi connectivity index (χ0v) is 12.1. The standard InChI is InChI=1S/C14H13N5OS/c1-9(11-6-4-8-21-11)13(20)17-14-16-12(18-19-14)10-5-2-3-7-15-10/h2-9H,1H3,(H2,16,17,18,19,20)/t9-/m0/s1. The van der Waals surface area contributed by atoms with Gasteiger partial charge in [0.1, 0.15) is 5.69 Å². The molecule has 0 spiro atoms. The summed E-state index contributed by atoms with van der Waals surface area (Å²) >= 11 is 1.55. The normalized spacial score (nSPS) is 12.0. The Morgan fingerprint density at radius 2 is 2.24 bits per heavy atom. The highest BCUT2D eigenvalue weighted by molar-refractivity contribution is 7.10. The van der Waals surface area contributed by atoms with Gasteiger partial charge in [0.15, 0.2) is 5.82 Å². The van der Waals surface area contributed by atoms with Crippen molar-refractivity contribution in [2.45, 2.75) is 12.8 Å². The first-order valence-corrected chi connectivity index (χ1v) is 7.30. The molecular formula is C14H13N5OS. The SMILES string of the molecule is C[C@H](C(=O)Nc1n[nH]c(-c2ccccn2)n1)c1cccs1. The fourth-order valence-electron chi connectivity index (χ4n) is 1.82. The molecule has 6 nitrogen and oxygen atoms in total. The zero-order valence-electron chi connectivity index (χ0n) is 11.3. The van der Waals surface area contributed by atoms with E-state index in [2.05, 4.69) is 25.5 Å². The number of H-pyrrole nitrogens is 1. The van der Waals surface area contributed by atoms with E-state index in [1.54, 1.807) is 17.5 Å². The lowest BCUT2D eigenvalue weighted by molar-refractivity contribution is -0.117. The number of aromatic amines is 1. The summed E-state index contributed by atoms with van der Waals surface area (Å²) in [4.78, 5) is 21.5. The number of carbonyl (C=O) groups excluding carboxylic acids is 1. The van der Waals surface area contributed by atoms with Crippen molar-refractivity contribution in [1.29, 1.82) is 0 Å². The molecule has 0 aliphatic rings. The van der Waals surface area contributed by atoms with Crippen LogP contribution in [0.5, 0.6) is 0 Å². The van der Waals surface area contributed by atoms with Crippen molar-refractivity contribution in [2.75, 3.05) is 5.32 Å². The Kier molecular flexibility index (Phi) is 3.74. The molecule has 0 aliphatic carbocycles. The Bertz CT molecular complexity index is 723. The molecule has 0 radical (unpaired) electrons. The van der Waals surface area contributed by atoms with Crippen molar-refractivity contribution < 1.29 is 4.79 Å². The lowest BCUT2D eigenvalue weighted by atomic mass is 10.1. The Balaban J connectivity index is 1.71. The van der Waals surface area contributed by atoms with E-state index < -0.39 is 0 Å². The Morgan fingerprint density at radius 3 is 2.95 bits per heavy atom. The summed E-state index contributed by atoms with van der Waals surface area (Å²) in [7, 11) is 0. The van der Waals surface area contributed by atoms with Crippen LogP contribution in [-0.2, 0) is 4.79 Å². The second-order valence-corrected chi connectivity index (χ2v) is 5.43.